The molecule has 4 aromatic rings. The number of benzene rings is 4. The van der Waals surface area contributed by atoms with E-state index in [1.54, 1.807) is 31.2 Å². The maximum atomic E-state index is 13.3. The summed E-state index contributed by atoms with van der Waals surface area (Å²) >= 11 is 6.02. The molecule has 1 atom stereocenters. The Labute approximate surface area is 211 Å². The minimum Gasteiger partial charge on any atom is -0.491 e. The monoisotopic (exact) mass is 485 g/mol. The van der Waals surface area contributed by atoms with Crippen molar-refractivity contribution in [2.24, 2.45) is 0 Å². The number of carbonyl (C=O) groups excluding carboxylic acids is 1. The third-order valence-corrected chi connectivity index (χ3v) is 6.31. The third-order valence-electron chi connectivity index (χ3n) is 6.06. The van der Waals surface area contributed by atoms with Gasteiger partial charge in [0.05, 0.1) is 12.6 Å². The summed E-state index contributed by atoms with van der Waals surface area (Å²) in [5.74, 6) is 0.176. The quantitative estimate of drug-likeness (QED) is 0.225. The number of nitrogens with one attached hydrogen (secondary N) is 1. The van der Waals surface area contributed by atoms with Crippen LogP contribution in [0.4, 0.5) is 0 Å². The van der Waals surface area contributed by atoms with Crippen molar-refractivity contribution in [2.45, 2.75) is 18.0 Å². The van der Waals surface area contributed by atoms with Gasteiger partial charge in [0.2, 0.25) is 0 Å². The van der Waals surface area contributed by atoms with Crippen molar-refractivity contribution in [3.63, 3.8) is 0 Å². The van der Waals surface area contributed by atoms with Crippen LogP contribution in [-0.2, 0) is 15.1 Å². The topological polar surface area (TPSA) is 47.6 Å². The van der Waals surface area contributed by atoms with E-state index in [1.807, 2.05) is 54.6 Å². The maximum absolute atomic E-state index is 13.3. The Morgan fingerprint density at radius 3 is 1.57 bits per heavy atom. The molecular weight excluding hydrogens is 458 g/mol. The lowest BCUT2D eigenvalue weighted by Gasteiger charge is -2.43. The van der Waals surface area contributed by atoms with Crippen molar-refractivity contribution in [1.82, 2.24) is 5.32 Å². The van der Waals surface area contributed by atoms with Gasteiger partial charge in [0.25, 0.3) is 0 Å². The zero-order valence-electron chi connectivity index (χ0n) is 19.8. The summed E-state index contributed by atoms with van der Waals surface area (Å²) in [4.78, 5) is 13.3. The van der Waals surface area contributed by atoms with Crippen molar-refractivity contribution < 1.29 is 14.3 Å². The Morgan fingerprint density at radius 2 is 1.17 bits per heavy atom. The Kier molecular flexibility index (Phi) is 7.54. The van der Waals surface area contributed by atoms with Crippen LogP contribution in [0.3, 0.4) is 0 Å². The molecule has 178 valence electrons. The number of esters is 1. The normalized spacial score (nSPS) is 13.0. The van der Waals surface area contributed by atoms with Crippen LogP contribution in [0.1, 0.15) is 23.6 Å². The third kappa shape index (κ3) is 5.24. The minimum atomic E-state index is -1.21. The lowest BCUT2D eigenvalue weighted by molar-refractivity contribution is -0.150. The van der Waals surface area contributed by atoms with Crippen LogP contribution in [-0.4, -0.2) is 25.2 Å². The van der Waals surface area contributed by atoms with Crippen LogP contribution in [0.25, 0.3) is 0 Å². The van der Waals surface area contributed by atoms with E-state index >= 15 is 0 Å². The zero-order valence-corrected chi connectivity index (χ0v) is 20.5. The summed E-state index contributed by atoms with van der Waals surface area (Å²) in [6.45, 7) is 1.84. The molecule has 0 radical (unpaired) electrons. The average molecular weight is 486 g/mol. The van der Waals surface area contributed by atoms with Crippen LogP contribution in [0.15, 0.2) is 115 Å². The van der Waals surface area contributed by atoms with E-state index in [-0.39, 0.29) is 6.61 Å². The second kappa shape index (κ2) is 10.8. The number of hydrogen-bond acceptors (Lipinski definition) is 4. The van der Waals surface area contributed by atoms with Gasteiger partial charge in [0.15, 0.2) is 0 Å². The number of methoxy groups -OCH3 is 1. The molecule has 0 aromatic heterocycles. The van der Waals surface area contributed by atoms with E-state index < -0.39 is 17.0 Å². The molecule has 1 N–H and O–H groups in total. The van der Waals surface area contributed by atoms with Crippen LogP contribution in [0.2, 0.25) is 5.02 Å². The van der Waals surface area contributed by atoms with Gasteiger partial charge in [-0.15, -0.1) is 0 Å². The number of hydrogen-bond donors (Lipinski definition) is 1. The summed E-state index contributed by atoms with van der Waals surface area (Å²) in [5.41, 5.74) is 0.878. The van der Waals surface area contributed by atoms with Crippen LogP contribution >= 0.6 is 11.6 Å². The second-order valence-electron chi connectivity index (χ2n) is 8.54. The van der Waals surface area contributed by atoms with Gasteiger partial charge in [-0.25, -0.2) is 4.79 Å². The smallest absolute Gasteiger partial charge is 0.329 e. The minimum absolute atomic E-state index is 0.0373. The SMILES string of the molecule is COC(=O)[C@@](C)(COc1ccc(Cl)cc1)NC(c1ccccc1)(c1ccccc1)c1ccccc1. The highest BCUT2D eigenvalue weighted by Crippen LogP contribution is 2.39. The first kappa shape index (κ1) is 24.5. The van der Waals surface area contributed by atoms with E-state index in [0.717, 1.165) is 16.7 Å². The predicted octanol–water partition coefficient (Wildman–Crippen LogP) is 6.23. The van der Waals surface area contributed by atoms with Gasteiger partial charge in [-0.3, -0.25) is 5.32 Å². The molecule has 0 aliphatic rings. The molecule has 0 aliphatic carbocycles. The van der Waals surface area contributed by atoms with Gasteiger partial charge >= 0.3 is 5.97 Å². The van der Waals surface area contributed by atoms with Crippen molar-refractivity contribution in [2.75, 3.05) is 13.7 Å². The molecule has 0 saturated heterocycles. The fourth-order valence-electron chi connectivity index (χ4n) is 4.32. The largest absolute Gasteiger partial charge is 0.491 e. The Bertz CT molecular complexity index is 1130. The first-order valence-electron chi connectivity index (χ1n) is 11.4. The first-order valence-corrected chi connectivity index (χ1v) is 11.8. The molecular formula is C30H28ClNO3. The molecule has 4 nitrogen and oxygen atoms in total. The van der Waals surface area contributed by atoms with E-state index in [2.05, 4.69) is 41.7 Å². The molecule has 0 amide bonds. The molecule has 0 saturated carbocycles. The van der Waals surface area contributed by atoms with Crippen molar-refractivity contribution >= 4 is 17.6 Å². The average Bonchev–Trinajstić information content (AvgIpc) is 2.92. The molecule has 0 spiro atoms. The van der Waals surface area contributed by atoms with E-state index in [4.69, 9.17) is 21.1 Å². The summed E-state index contributed by atoms with van der Waals surface area (Å²) in [6.07, 6.45) is 0. The molecule has 4 rings (SSSR count). The van der Waals surface area contributed by atoms with E-state index in [1.165, 1.54) is 7.11 Å². The lowest BCUT2D eigenvalue weighted by Crippen LogP contribution is -2.63. The fraction of sp³-hybridized carbons (Fsp3) is 0.167. The maximum Gasteiger partial charge on any atom is 0.329 e. The van der Waals surface area contributed by atoms with Crippen LogP contribution in [0, 0.1) is 0 Å². The Balaban J connectivity index is 1.86. The molecule has 0 fully saturated rings. The summed E-state index contributed by atoms with van der Waals surface area (Å²) in [5, 5.41) is 4.31. The number of halogens is 1. The molecule has 4 aromatic carbocycles. The zero-order chi connectivity index (χ0) is 24.7. The van der Waals surface area contributed by atoms with Gasteiger partial charge < -0.3 is 9.47 Å². The van der Waals surface area contributed by atoms with E-state index in [0.29, 0.717) is 10.8 Å². The highest BCUT2D eigenvalue weighted by atomic mass is 35.5. The van der Waals surface area contributed by atoms with Crippen molar-refractivity contribution in [3.05, 3.63) is 137 Å². The van der Waals surface area contributed by atoms with Gasteiger partial charge in [-0.2, -0.15) is 0 Å². The van der Waals surface area contributed by atoms with Gasteiger partial charge in [-0.1, -0.05) is 103 Å². The highest BCUT2D eigenvalue weighted by Gasteiger charge is 2.46. The fourth-order valence-corrected chi connectivity index (χ4v) is 4.45. The summed E-state index contributed by atoms with van der Waals surface area (Å²) < 4.78 is 11.4. The number of carbonyl (C=O) groups is 1. The Morgan fingerprint density at radius 1 is 0.743 bits per heavy atom. The second-order valence-corrected chi connectivity index (χ2v) is 8.98. The van der Waals surface area contributed by atoms with Gasteiger partial charge in [0, 0.05) is 5.02 Å². The van der Waals surface area contributed by atoms with Gasteiger partial charge in [-0.05, 0) is 47.9 Å². The first-order chi connectivity index (χ1) is 17.0. The van der Waals surface area contributed by atoms with E-state index in [9.17, 15) is 4.79 Å². The predicted molar refractivity (Wildman–Crippen MR) is 140 cm³/mol. The van der Waals surface area contributed by atoms with Crippen LogP contribution in [0.5, 0.6) is 5.75 Å². The molecule has 0 aliphatic heterocycles. The Hall–Kier alpha value is -3.60. The number of ether oxygens (including phenoxy) is 2. The highest BCUT2D eigenvalue weighted by molar-refractivity contribution is 6.30. The molecule has 35 heavy (non-hydrogen) atoms. The standard InChI is InChI=1S/C30H28ClNO3/c1-29(28(33)34-2,22-35-27-20-18-26(31)19-21-27)32-30(23-12-6-3-7-13-23,24-14-8-4-9-15-24)25-16-10-5-11-17-25/h3-21,32H,22H2,1-2H3/t29-/m1/s1. The summed E-state index contributed by atoms with van der Waals surface area (Å²) in [7, 11) is 1.39. The molecule has 0 unspecified atom stereocenters. The van der Waals surface area contributed by atoms with Gasteiger partial charge in [0.1, 0.15) is 17.9 Å². The van der Waals surface area contributed by atoms with Crippen molar-refractivity contribution in [3.8, 4) is 5.75 Å². The number of rotatable bonds is 9. The molecule has 5 heteroatoms. The van der Waals surface area contributed by atoms with Crippen molar-refractivity contribution in [1.29, 1.82) is 0 Å². The summed E-state index contributed by atoms with van der Waals surface area (Å²) in [6, 6.07) is 37.3. The molecule has 0 heterocycles. The van der Waals surface area contributed by atoms with Crippen LogP contribution < -0.4 is 10.1 Å². The molecule has 0 bridgehead atoms. The lowest BCUT2D eigenvalue weighted by atomic mass is 9.75.